The minimum Gasteiger partial charge on any atom is -0.378 e. The van der Waals surface area contributed by atoms with Gasteiger partial charge in [-0.15, -0.1) is 0 Å². The number of Topliss-reactive ketones (excluding diaryl/α,β-unsaturated/α-hetero) is 1. The van der Waals surface area contributed by atoms with Gasteiger partial charge >= 0.3 is 0 Å². The van der Waals surface area contributed by atoms with E-state index in [0.717, 1.165) is 55.7 Å². The minimum absolute atomic E-state index is 0.137. The Morgan fingerprint density at radius 2 is 1.88 bits per heavy atom. The van der Waals surface area contributed by atoms with Crippen molar-refractivity contribution in [2.45, 2.75) is 25.7 Å². The lowest BCUT2D eigenvalue weighted by atomic mass is 10.00. The fourth-order valence-electron chi connectivity index (χ4n) is 3.88. The van der Waals surface area contributed by atoms with Gasteiger partial charge < -0.3 is 9.64 Å². The minimum atomic E-state index is -0.284. The number of hydrogen-bond donors (Lipinski definition) is 0. The average Bonchev–Trinajstić information content (AvgIpc) is 3.35. The van der Waals surface area contributed by atoms with Crippen LogP contribution in [0.2, 0.25) is 0 Å². The van der Waals surface area contributed by atoms with E-state index in [1.54, 1.807) is 12.1 Å². The van der Waals surface area contributed by atoms with Gasteiger partial charge in [0.05, 0.1) is 25.4 Å². The van der Waals surface area contributed by atoms with Crippen LogP contribution in [0.3, 0.4) is 0 Å². The Balaban J connectivity index is 1.49. The van der Waals surface area contributed by atoms with Crippen molar-refractivity contribution in [2.24, 2.45) is 4.99 Å². The van der Waals surface area contributed by atoms with E-state index >= 15 is 0 Å². The molecule has 4 rings (SSSR count). The number of carbonyl (C=O) groups is 1. The zero-order valence-corrected chi connectivity index (χ0v) is 18.1. The van der Waals surface area contributed by atoms with Gasteiger partial charge in [0.1, 0.15) is 5.82 Å². The molecular formula is C27H27FN2O2. The molecular weight excluding hydrogens is 403 g/mol. The summed E-state index contributed by atoms with van der Waals surface area (Å²) in [5.74, 6) is 6.18. The standard InChI is InChI=1S/C27H27FN2O2/c28-25-10-6-21(7-11-25)5-8-23-19-24(9-12-26(23)30-15-17-32-18-16-30)27(31)4-2-1-3-22-13-14-29-20-22/h6-7,9-13,19-20H,1-4,14-18H2. The molecule has 32 heavy (non-hydrogen) atoms. The van der Waals surface area contributed by atoms with E-state index < -0.39 is 0 Å². The summed E-state index contributed by atoms with van der Waals surface area (Å²) < 4.78 is 18.7. The third kappa shape index (κ3) is 5.93. The van der Waals surface area contributed by atoms with E-state index in [4.69, 9.17) is 4.74 Å². The molecule has 0 N–H and O–H groups in total. The Morgan fingerprint density at radius 3 is 2.62 bits per heavy atom. The van der Waals surface area contributed by atoms with Crippen molar-refractivity contribution in [3.05, 3.63) is 76.6 Å². The van der Waals surface area contributed by atoms with Crippen LogP contribution in [0.25, 0.3) is 0 Å². The monoisotopic (exact) mass is 430 g/mol. The van der Waals surface area contributed by atoms with Crippen molar-refractivity contribution in [1.82, 2.24) is 0 Å². The molecule has 0 radical (unpaired) electrons. The lowest BCUT2D eigenvalue weighted by molar-refractivity contribution is 0.0979. The molecule has 4 nitrogen and oxygen atoms in total. The number of anilines is 1. The zero-order valence-electron chi connectivity index (χ0n) is 18.1. The number of allylic oxidation sites excluding steroid dienone is 1. The molecule has 2 heterocycles. The van der Waals surface area contributed by atoms with Crippen molar-refractivity contribution in [3.8, 4) is 11.8 Å². The topological polar surface area (TPSA) is 41.9 Å². The number of benzene rings is 2. The molecule has 0 bridgehead atoms. The molecule has 2 aliphatic heterocycles. The Labute approximate surface area is 188 Å². The number of nitrogens with zero attached hydrogens (tertiary/aromatic N) is 2. The van der Waals surface area contributed by atoms with Crippen molar-refractivity contribution in [1.29, 1.82) is 0 Å². The lowest BCUT2D eigenvalue weighted by Gasteiger charge is -2.30. The lowest BCUT2D eigenvalue weighted by Crippen LogP contribution is -2.36. The summed E-state index contributed by atoms with van der Waals surface area (Å²) in [7, 11) is 0. The van der Waals surface area contributed by atoms with Gasteiger partial charge in [-0.3, -0.25) is 9.79 Å². The molecule has 0 spiro atoms. The largest absolute Gasteiger partial charge is 0.378 e. The summed E-state index contributed by atoms with van der Waals surface area (Å²) in [4.78, 5) is 19.3. The number of aliphatic imine (C=N–C) groups is 1. The predicted octanol–water partition coefficient (Wildman–Crippen LogP) is 4.82. The molecule has 0 amide bonds. The normalized spacial score (nSPS) is 15.3. The van der Waals surface area contributed by atoms with E-state index in [0.29, 0.717) is 25.2 Å². The van der Waals surface area contributed by atoms with Crippen molar-refractivity contribution in [2.75, 3.05) is 37.7 Å². The van der Waals surface area contributed by atoms with Crippen LogP contribution >= 0.6 is 0 Å². The molecule has 0 atom stereocenters. The number of hydrogen-bond acceptors (Lipinski definition) is 4. The summed E-state index contributed by atoms with van der Waals surface area (Å²) >= 11 is 0. The molecule has 5 heteroatoms. The van der Waals surface area contributed by atoms with Crippen LogP contribution < -0.4 is 4.90 Å². The van der Waals surface area contributed by atoms with Gasteiger partial charge in [-0.25, -0.2) is 4.39 Å². The van der Waals surface area contributed by atoms with Crippen LogP contribution in [-0.4, -0.2) is 44.8 Å². The molecule has 0 unspecified atom stereocenters. The van der Waals surface area contributed by atoms with Crippen LogP contribution in [0.1, 0.15) is 47.2 Å². The summed E-state index contributed by atoms with van der Waals surface area (Å²) in [6, 6.07) is 11.9. The van der Waals surface area contributed by atoms with Gasteiger partial charge in [0.15, 0.2) is 5.78 Å². The molecule has 0 aliphatic carbocycles. The molecule has 1 saturated heterocycles. The molecule has 1 fully saturated rings. The van der Waals surface area contributed by atoms with Crippen LogP contribution in [0.5, 0.6) is 0 Å². The fourth-order valence-corrected chi connectivity index (χ4v) is 3.88. The van der Waals surface area contributed by atoms with Crippen molar-refractivity contribution < 1.29 is 13.9 Å². The fraction of sp³-hybridized carbons (Fsp3) is 0.333. The second kappa shape index (κ2) is 10.9. The maximum atomic E-state index is 13.2. The molecule has 2 aromatic carbocycles. The van der Waals surface area contributed by atoms with Crippen LogP contribution in [0.15, 0.2) is 59.1 Å². The first kappa shape index (κ1) is 22.0. The predicted molar refractivity (Wildman–Crippen MR) is 126 cm³/mol. The maximum Gasteiger partial charge on any atom is 0.162 e. The Kier molecular flexibility index (Phi) is 7.47. The highest BCUT2D eigenvalue weighted by molar-refractivity contribution is 5.97. The third-order valence-corrected chi connectivity index (χ3v) is 5.69. The molecule has 0 aromatic heterocycles. The number of ketones is 1. The Morgan fingerprint density at radius 1 is 1.06 bits per heavy atom. The van der Waals surface area contributed by atoms with E-state index in [9.17, 15) is 9.18 Å². The first-order chi connectivity index (χ1) is 15.7. The van der Waals surface area contributed by atoms with Gasteiger partial charge in [-0.1, -0.05) is 17.9 Å². The van der Waals surface area contributed by atoms with E-state index in [-0.39, 0.29) is 11.6 Å². The van der Waals surface area contributed by atoms with Gasteiger partial charge in [-0.05, 0) is 67.3 Å². The molecule has 164 valence electrons. The second-order valence-electron chi connectivity index (χ2n) is 7.99. The zero-order chi connectivity index (χ0) is 22.2. The number of rotatable bonds is 7. The summed E-state index contributed by atoms with van der Waals surface area (Å²) in [5, 5.41) is 0. The first-order valence-electron chi connectivity index (χ1n) is 11.2. The SMILES string of the molecule is O=C(CCCCC1=CCN=C1)c1ccc(N2CCOCC2)c(C#Cc2ccc(F)cc2)c1. The summed E-state index contributed by atoms with van der Waals surface area (Å²) in [6.45, 7) is 3.71. The van der Waals surface area contributed by atoms with Gasteiger partial charge in [0.2, 0.25) is 0 Å². The average molecular weight is 431 g/mol. The number of ether oxygens (including phenoxy) is 1. The van der Waals surface area contributed by atoms with Crippen molar-refractivity contribution in [3.63, 3.8) is 0 Å². The van der Waals surface area contributed by atoms with Gasteiger partial charge in [-0.2, -0.15) is 0 Å². The highest BCUT2D eigenvalue weighted by Crippen LogP contribution is 2.24. The van der Waals surface area contributed by atoms with E-state index in [1.807, 2.05) is 24.4 Å². The molecule has 2 aromatic rings. The van der Waals surface area contributed by atoms with Crippen LogP contribution in [-0.2, 0) is 4.74 Å². The number of halogens is 1. The highest BCUT2D eigenvalue weighted by Gasteiger charge is 2.16. The summed E-state index contributed by atoms with van der Waals surface area (Å²) in [6.07, 6.45) is 7.39. The van der Waals surface area contributed by atoms with Crippen LogP contribution in [0, 0.1) is 17.7 Å². The number of carbonyl (C=O) groups excluding carboxylic acids is 1. The number of unbranched alkanes of at least 4 members (excludes halogenated alkanes) is 1. The van der Waals surface area contributed by atoms with E-state index in [1.165, 1.54) is 17.7 Å². The Bertz CT molecular complexity index is 1070. The molecule has 0 saturated carbocycles. The van der Waals surface area contributed by atoms with Gasteiger partial charge in [0.25, 0.3) is 0 Å². The Hall–Kier alpha value is -3.23. The van der Waals surface area contributed by atoms with Gasteiger partial charge in [0, 0.05) is 42.4 Å². The first-order valence-corrected chi connectivity index (χ1v) is 11.2. The smallest absolute Gasteiger partial charge is 0.162 e. The number of morpholine rings is 1. The van der Waals surface area contributed by atoms with Crippen molar-refractivity contribution >= 4 is 17.7 Å². The van der Waals surface area contributed by atoms with Crippen LogP contribution in [0.4, 0.5) is 10.1 Å². The maximum absolute atomic E-state index is 13.2. The highest BCUT2D eigenvalue weighted by atomic mass is 19.1. The summed E-state index contributed by atoms with van der Waals surface area (Å²) in [5.41, 5.74) is 4.51. The quantitative estimate of drug-likeness (QED) is 0.359. The van der Waals surface area contributed by atoms with E-state index in [2.05, 4.69) is 27.8 Å². The second-order valence-corrected chi connectivity index (χ2v) is 7.99. The third-order valence-electron chi connectivity index (χ3n) is 5.69. The molecule has 2 aliphatic rings.